The number of carbonyl (C=O) groups is 3. The Morgan fingerprint density at radius 2 is 1.60 bits per heavy atom. The monoisotopic (exact) mass is 649 g/mol. The van der Waals surface area contributed by atoms with Crippen molar-refractivity contribution in [2.75, 3.05) is 11.9 Å². The van der Waals surface area contributed by atoms with E-state index in [-0.39, 0.29) is 61.5 Å². The minimum atomic E-state index is -0.918. The van der Waals surface area contributed by atoms with Crippen LogP contribution in [0.15, 0.2) is 48.5 Å². The lowest BCUT2D eigenvalue weighted by Crippen LogP contribution is -2.61. The highest BCUT2D eigenvalue weighted by Crippen LogP contribution is 2.42. The van der Waals surface area contributed by atoms with Crippen LogP contribution < -0.4 is 10.6 Å². The Hall–Kier alpha value is -3.31. The first kappa shape index (κ1) is 35.0. The molecule has 0 aromatic heterocycles. The maximum atomic E-state index is 13.7. The number of carbonyl (C=O) groups excluding carboxylic acids is 2. The van der Waals surface area contributed by atoms with E-state index in [1.807, 2.05) is 57.2 Å². The number of nitrogens with one attached hydrogen (secondary N) is 2. The Morgan fingerprint density at radius 1 is 0.894 bits per heavy atom. The third-order valence-corrected chi connectivity index (χ3v) is 9.60. The van der Waals surface area contributed by atoms with Gasteiger partial charge in [-0.25, -0.2) is 0 Å². The number of carboxylic acids is 1. The van der Waals surface area contributed by atoms with Gasteiger partial charge >= 0.3 is 5.97 Å². The van der Waals surface area contributed by atoms with Gasteiger partial charge in [-0.1, -0.05) is 49.2 Å². The molecule has 2 saturated heterocycles. The number of piperidine rings is 1. The van der Waals surface area contributed by atoms with E-state index in [0.29, 0.717) is 30.6 Å². The van der Waals surface area contributed by atoms with Crippen LogP contribution in [0, 0.1) is 5.92 Å². The summed E-state index contributed by atoms with van der Waals surface area (Å²) >= 11 is 0. The first-order valence-corrected chi connectivity index (χ1v) is 17.2. The maximum absolute atomic E-state index is 13.7. The third-order valence-electron chi connectivity index (χ3n) is 9.60. The summed E-state index contributed by atoms with van der Waals surface area (Å²) in [5.41, 5.74) is 2.94. The number of nitrogens with zero attached hydrogens (tertiary/aromatic N) is 1. The first-order chi connectivity index (χ1) is 22.5. The van der Waals surface area contributed by atoms with Gasteiger partial charge in [0.15, 0.2) is 6.29 Å². The van der Waals surface area contributed by atoms with E-state index in [1.54, 1.807) is 12.1 Å². The molecule has 0 radical (unpaired) electrons. The van der Waals surface area contributed by atoms with Crippen LogP contribution in [0.1, 0.15) is 114 Å². The SMILES string of the molecule is CC(C)(C)NC(=O)C1CCC2CCCCC2N1CC1CC(c2ccc(CO)cc2)OC(c2ccc(NC(=O)CCCC(=O)O)cc2)O1. The van der Waals surface area contributed by atoms with Crippen LogP contribution in [0.3, 0.4) is 0 Å². The smallest absolute Gasteiger partial charge is 0.303 e. The lowest BCUT2D eigenvalue weighted by Gasteiger charge is -2.50. The van der Waals surface area contributed by atoms with Crippen molar-refractivity contribution >= 4 is 23.5 Å². The number of aliphatic carboxylic acids is 1. The predicted molar refractivity (Wildman–Crippen MR) is 178 cm³/mol. The molecule has 2 heterocycles. The van der Waals surface area contributed by atoms with Crippen molar-refractivity contribution in [3.63, 3.8) is 0 Å². The summed E-state index contributed by atoms with van der Waals surface area (Å²) in [6.07, 6.45) is 6.50. The van der Waals surface area contributed by atoms with Crippen molar-refractivity contribution in [3.8, 4) is 0 Å². The van der Waals surface area contributed by atoms with Gasteiger partial charge < -0.3 is 30.3 Å². The zero-order valence-electron chi connectivity index (χ0n) is 28.0. The molecule has 6 unspecified atom stereocenters. The van der Waals surface area contributed by atoms with E-state index in [4.69, 9.17) is 14.6 Å². The van der Waals surface area contributed by atoms with E-state index in [9.17, 15) is 19.5 Å². The molecule has 10 nitrogen and oxygen atoms in total. The number of aliphatic hydroxyl groups excluding tert-OH is 1. The highest BCUT2D eigenvalue weighted by Gasteiger charge is 2.44. The Bertz CT molecular complexity index is 1360. The fraction of sp³-hybridized carbons (Fsp3) is 0.595. The second-order valence-electron chi connectivity index (χ2n) is 14.4. The number of amides is 2. The predicted octanol–water partition coefficient (Wildman–Crippen LogP) is 5.86. The second kappa shape index (κ2) is 15.7. The second-order valence-corrected chi connectivity index (χ2v) is 14.4. The molecule has 3 fully saturated rings. The van der Waals surface area contributed by atoms with Crippen molar-refractivity contribution < 1.29 is 34.1 Å². The van der Waals surface area contributed by atoms with Crippen LogP contribution in [0.25, 0.3) is 0 Å². The van der Waals surface area contributed by atoms with Crippen LogP contribution in [0.5, 0.6) is 0 Å². The molecule has 47 heavy (non-hydrogen) atoms. The standard InChI is InChI=1S/C37H51N3O7/c1-37(2,3)39-35(45)31-20-17-25-7-4-5-8-30(25)40(31)22-29-21-32(26-13-11-24(23-41)12-14-26)47-36(46-29)27-15-18-28(19-16-27)38-33(42)9-6-10-34(43)44/h11-16,18-19,25,29-32,36,41H,4-10,17,20-23H2,1-3H3,(H,38,42)(H,39,45)(H,43,44). The molecule has 5 rings (SSSR count). The normalized spacial score (nSPS) is 26.6. The highest BCUT2D eigenvalue weighted by molar-refractivity contribution is 5.90. The lowest BCUT2D eigenvalue weighted by atomic mass is 9.75. The van der Waals surface area contributed by atoms with E-state index < -0.39 is 12.3 Å². The van der Waals surface area contributed by atoms with Gasteiger partial charge in [0.25, 0.3) is 0 Å². The van der Waals surface area contributed by atoms with E-state index in [1.165, 1.54) is 19.3 Å². The molecule has 2 aromatic rings. The van der Waals surface area contributed by atoms with Crippen molar-refractivity contribution in [2.24, 2.45) is 5.92 Å². The van der Waals surface area contributed by atoms with E-state index in [0.717, 1.165) is 36.0 Å². The topological polar surface area (TPSA) is 137 Å². The van der Waals surface area contributed by atoms with E-state index in [2.05, 4.69) is 15.5 Å². The summed E-state index contributed by atoms with van der Waals surface area (Å²) < 4.78 is 13.3. The van der Waals surface area contributed by atoms with Crippen LogP contribution in [-0.4, -0.2) is 63.2 Å². The molecule has 2 aliphatic heterocycles. The molecular formula is C37H51N3O7. The zero-order chi connectivity index (χ0) is 33.6. The zero-order valence-corrected chi connectivity index (χ0v) is 28.0. The molecule has 0 spiro atoms. The van der Waals surface area contributed by atoms with Gasteiger partial charge in [0, 0.05) is 48.6 Å². The summed E-state index contributed by atoms with van der Waals surface area (Å²) in [4.78, 5) is 39.2. The first-order valence-electron chi connectivity index (χ1n) is 17.2. The van der Waals surface area contributed by atoms with Gasteiger partial charge in [-0.3, -0.25) is 19.3 Å². The lowest BCUT2D eigenvalue weighted by molar-refractivity contribution is -0.255. The van der Waals surface area contributed by atoms with E-state index >= 15 is 0 Å². The summed E-state index contributed by atoms with van der Waals surface area (Å²) in [6, 6.07) is 15.3. The van der Waals surface area contributed by atoms with Crippen LogP contribution in [0.4, 0.5) is 5.69 Å². The Balaban J connectivity index is 1.36. The summed E-state index contributed by atoms with van der Waals surface area (Å²) in [5, 5.41) is 24.5. The van der Waals surface area contributed by atoms with Crippen LogP contribution in [-0.2, 0) is 30.5 Å². The maximum Gasteiger partial charge on any atom is 0.303 e. The van der Waals surface area contributed by atoms with Crippen molar-refractivity contribution in [1.82, 2.24) is 10.2 Å². The molecule has 3 aliphatic rings. The summed E-state index contributed by atoms with van der Waals surface area (Å²) in [6.45, 7) is 6.67. The van der Waals surface area contributed by atoms with Gasteiger partial charge in [-0.05, 0) is 82.1 Å². The molecule has 4 N–H and O–H groups in total. The fourth-order valence-electron chi connectivity index (χ4n) is 7.34. The van der Waals surface area contributed by atoms with Gasteiger partial charge in [-0.15, -0.1) is 0 Å². The molecular weight excluding hydrogens is 598 g/mol. The number of carboxylic acid groups (broad SMARTS) is 1. The van der Waals surface area contributed by atoms with Crippen molar-refractivity contribution in [2.45, 2.75) is 128 Å². The molecule has 2 aromatic carbocycles. The number of benzene rings is 2. The molecule has 0 bridgehead atoms. The molecule has 256 valence electrons. The molecule has 1 aliphatic carbocycles. The largest absolute Gasteiger partial charge is 0.481 e. The van der Waals surface area contributed by atoms with Gasteiger partial charge in [-0.2, -0.15) is 0 Å². The number of ether oxygens (including phenoxy) is 2. The number of likely N-dealkylation sites (tertiary alicyclic amines) is 1. The summed E-state index contributed by atoms with van der Waals surface area (Å²) in [7, 11) is 0. The third kappa shape index (κ3) is 9.63. The Morgan fingerprint density at radius 3 is 2.28 bits per heavy atom. The average Bonchev–Trinajstić information content (AvgIpc) is 3.04. The highest BCUT2D eigenvalue weighted by atomic mass is 16.7. The number of rotatable bonds is 11. The van der Waals surface area contributed by atoms with Crippen LogP contribution in [0.2, 0.25) is 0 Å². The molecule has 10 heteroatoms. The van der Waals surface area contributed by atoms with Crippen LogP contribution >= 0.6 is 0 Å². The summed E-state index contributed by atoms with van der Waals surface area (Å²) in [5.74, 6) is -0.477. The number of hydrogen-bond acceptors (Lipinski definition) is 7. The molecule has 1 saturated carbocycles. The quantitative estimate of drug-likeness (QED) is 0.238. The minimum absolute atomic E-state index is 0.0296. The fourth-order valence-corrected chi connectivity index (χ4v) is 7.34. The van der Waals surface area contributed by atoms with Gasteiger partial charge in [0.2, 0.25) is 11.8 Å². The van der Waals surface area contributed by atoms with Gasteiger partial charge in [0.05, 0.1) is 24.9 Å². The number of hydrogen-bond donors (Lipinski definition) is 4. The molecule has 6 atom stereocenters. The number of fused-ring (bicyclic) bond motifs is 1. The Kier molecular flexibility index (Phi) is 11.7. The number of aliphatic hydroxyl groups is 1. The van der Waals surface area contributed by atoms with Crippen molar-refractivity contribution in [3.05, 3.63) is 65.2 Å². The average molecular weight is 650 g/mol. The Labute approximate surface area is 278 Å². The molecule has 2 amide bonds. The number of anilines is 1. The van der Waals surface area contributed by atoms with Crippen molar-refractivity contribution in [1.29, 1.82) is 0 Å². The van der Waals surface area contributed by atoms with Gasteiger partial charge in [0.1, 0.15) is 0 Å². The minimum Gasteiger partial charge on any atom is -0.481 e.